The third-order valence-corrected chi connectivity index (χ3v) is 15.4. The number of benzene rings is 11. The second kappa shape index (κ2) is 15.0. The summed E-state index contributed by atoms with van der Waals surface area (Å²) in [7, 11) is 0. The van der Waals surface area contributed by atoms with E-state index < -0.39 is 0 Å². The molecule has 64 heavy (non-hydrogen) atoms. The average molecular weight is 847 g/mol. The molecular formula is C62H38S2. The molecule has 0 N–H and O–H groups in total. The predicted molar refractivity (Wildman–Crippen MR) is 280 cm³/mol. The van der Waals surface area contributed by atoms with E-state index in [9.17, 15) is 0 Å². The van der Waals surface area contributed by atoms with Crippen LogP contribution in [0.2, 0.25) is 0 Å². The smallest absolute Gasteiger partial charge is 0.0446 e. The van der Waals surface area contributed by atoms with Crippen molar-refractivity contribution in [2.24, 2.45) is 0 Å². The van der Waals surface area contributed by atoms with Gasteiger partial charge in [0.1, 0.15) is 0 Å². The van der Waals surface area contributed by atoms with Crippen LogP contribution in [0, 0.1) is 0 Å². The lowest BCUT2D eigenvalue weighted by molar-refractivity contribution is 1.65. The van der Waals surface area contributed by atoms with Crippen LogP contribution >= 0.6 is 22.7 Å². The number of rotatable bonds is 6. The fourth-order valence-electron chi connectivity index (χ4n) is 10.1. The lowest BCUT2D eigenvalue weighted by Gasteiger charge is -2.19. The van der Waals surface area contributed by atoms with Crippen molar-refractivity contribution in [3.63, 3.8) is 0 Å². The molecular weight excluding hydrogens is 809 g/mol. The van der Waals surface area contributed by atoms with Crippen molar-refractivity contribution >= 4 is 85.9 Å². The number of fused-ring (bicyclic) bond motifs is 7. The van der Waals surface area contributed by atoms with Gasteiger partial charge in [-0.2, -0.15) is 0 Å². The Bertz CT molecular complexity index is 3920. The minimum atomic E-state index is 1.23. The Morgan fingerprint density at radius 1 is 0.203 bits per heavy atom. The molecule has 2 heterocycles. The molecule has 11 aromatic carbocycles. The van der Waals surface area contributed by atoms with Gasteiger partial charge in [-0.05, 0) is 113 Å². The Hall–Kier alpha value is -7.62. The molecule has 0 spiro atoms. The van der Waals surface area contributed by atoms with E-state index in [1.165, 1.54) is 129 Å². The molecule has 0 unspecified atom stereocenters. The first kappa shape index (κ1) is 37.0. The van der Waals surface area contributed by atoms with Gasteiger partial charge in [-0.15, -0.1) is 22.7 Å². The summed E-state index contributed by atoms with van der Waals surface area (Å²) in [4.78, 5) is 2.59. The van der Waals surface area contributed by atoms with E-state index in [4.69, 9.17) is 0 Å². The lowest BCUT2D eigenvalue weighted by Crippen LogP contribution is -1.92. The fraction of sp³-hybridized carbons (Fsp3) is 0. The van der Waals surface area contributed by atoms with Crippen molar-refractivity contribution in [2.45, 2.75) is 0 Å². The Labute approximate surface area is 379 Å². The largest absolute Gasteiger partial charge is 0.134 e. The minimum Gasteiger partial charge on any atom is -0.134 e. The summed E-state index contributed by atoms with van der Waals surface area (Å²) in [5.41, 5.74) is 12.5. The molecule has 298 valence electrons. The molecule has 2 aromatic heterocycles. The average Bonchev–Trinajstić information content (AvgIpc) is 3.94. The number of hydrogen-bond donors (Lipinski definition) is 0. The fourth-order valence-corrected chi connectivity index (χ4v) is 12.7. The first-order valence-corrected chi connectivity index (χ1v) is 23.5. The van der Waals surface area contributed by atoms with E-state index in [-0.39, 0.29) is 0 Å². The SMILES string of the molecule is c1ccc(-c2ccc3sc(-c4c5ccccc5c(-c5sc6ccc(-c7ccccc7)cc6c5-c5ccccc5)c5cc6c(ccc7ccccc76)cc45)c(-c4ccccc4)c3c2)cc1. The number of thiophene rings is 2. The molecule has 0 fully saturated rings. The molecule has 0 aliphatic rings. The molecule has 0 aliphatic heterocycles. The van der Waals surface area contributed by atoms with Crippen LogP contribution < -0.4 is 0 Å². The van der Waals surface area contributed by atoms with Crippen LogP contribution in [0.5, 0.6) is 0 Å². The zero-order valence-electron chi connectivity index (χ0n) is 34.8. The van der Waals surface area contributed by atoms with Crippen LogP contribution in [0.3, 0.4) is 0 Å². The Balaban J connectivity index is 1.20. The Morgan fingerprint density at radius 3 is 1.11 bits per heavy atom. The van der Waals surface area contributed by atoms with E-state index in [1.807, 2.05) is 22.7 Å². The maximum Gasteiger partial charge on any atom is 0.0446 e. The maximum absolute atomic E-state index is 2.52. The third-order valence-electron chi connectivity index (χ3n) is 13.1. The zero-order valence-corrected chi connectivity index (χ0v) is 36.4. The van der Waals surface area contributed by atoms with E-state index in [0.29, 0.717) is 0 Å². The topological polar surface area (TPSA) is 0 Å². The summed E-state index contributed by atoms with van der Waals surface area (Å²) in [6.07, 6.45) is 0. The molecule has 0 saturated heterocycles. The first-order chi connectivity index (χ1) is 31.7. The first-order valence-electron chi connectivity index (χ1n) is 21.9. The Morgan fingerprint density at radius 2 is 0.609 bits per heavy atom. The molecule has 0 saturated carbocycles. The van der Waals surface area contributed by atoms with Crippen LogP contribution in [0.15, 0.2) is 231 Å². The van der Waals surface area contributed by atoms with E-state index in [2.05, 4.69) is 231 Å². The van der Waals surface area contributed by atoms with Gasteiger partial charge in [-0.1, -0.05) is 194 Å². The van der Waals surface area contributed by atoms with Gasteiger partial charge >= 0.3 is 0 Å². The molecule has 13 rings (SSSR count). The van der Waals surface area contributed by atoms with Gasteiger partial charge in [0.25, 0.3) is 0 Å². The molecule has 0 aliphatic carbocycles. The van der Waals surface area contributed by atoms with Crippen molar-refractivity contribution in [3.05, 3.63) is 231 Å². The van der Waals surface area contributed by atoms with Crippen molar-refractivity contribution in [1.82, 2.24) is 0 Å². The molecule has 0 radical (unpaired) electrons. The highest BCUT2D eigenvalue weighted by molar-refractivity contribution is 7.23. The van der Waals surface area contributed by atoms with Crippen LogP contribution in [0.25, 0.3) is 129 Å². The number of hydrogen-bond acceptors (Lipinski definition) is 2. The van der Waals surface area contributed by atoms with Crippen LogP contribution in [-0.4, -0.2) is 0 Å². The highest BCUT2D eigenvalue weighted by Crippen LogP contribution is 2.55. The van der Waals surface area contributed by atoms with Gasteiger partial charge in [0.2, 0.25) is 0 Å². The third kappa shape index (κ3) is 5.95. The Kier molecular flexibility index (Phi) is 8.69. The predicted octanol–water partition coefficient (Wildman–Crippen LogP) is 18.7. The van der Waals surface area contributed by atoms with E-state index in [0.717, 1.165) is 0 Å². The lowest BCUT2D eigenvalue weighted by atomic mass is 9.85. The summed E-state index contributed by atoms with van der Waals surface area (Å²) in [5, 5.41) is 12.7. The van der Waals surface area contributed by atoms with Crippen molar-refractivity contribution in [2.75, 3.05) is 0 Å². The summed E-state index contributed by atoms with van der Waals surface area (Å²) < 4.78 is 2.57. The highest BCUT2D eigenvalue weighted by atomic mass is 32.1. The molecule has 0 nitrogen and oxygen atoms in total. The second-order valence-corrected chi connectivity index (χ2v) is 18.8. The van der Waals surface area contributed by atoms with Crippen molar-refractivity contribution < 1.29 is 0 Å². The van der Waals surface area contributed by atoms with E-state index in [1.54, 1.807) is 0 Å². The summed E-state index contributed by atoms with van der Waals surface area (Å²) in [6.45, 7) is 0. The van der Waals surface area contributed by atoms with E-state index >= 15 is 0 Å². The molecule has 2 heteroatoms. The van der Waals surface area contributed by atoms with Gasteiger partial charge in [0, 0.05) is 52.2 Å². The standard InChI is InChI=1S/C62H38S2/c1-5-17-39(18-6-1)44-31-33-55-53(35-44)57(42-22-9-3-10-23-42)61(63-55)59-48-27-15-16-28-49(48)60(52-38-50-46(37-51(52)59)30-29-41-21-13-14-26-47(41)50)62-58(43-24-11-4-12-25-43)54-36-45(32-34-56(54)64-62)40-19-7-2-8-20-40/h1-38H. The van der Waals surface area contributed by atoms with Crippen LogP contribution in [0.1, 0.15) is 0 Å². The minimum absolute atomic E-state index is 1.23. The quantitative estimate of drug-likeness (QED) is 0.116. The molecule has 0 atom stereocenters. The molecule has 13 aromatic rings. The summed E-state index contributed by atoms with van der Waals surface area (Å²) in [5.74, 6) is 0. The van der Waals surface area contributed by atoms with Gasteiger partial charge < -0.3 is 0 Å². The van der Waals surface area contributed by atoms with Gasteiger partial charge in [0.15, 0.2) is 0 Å². The molecule has 0 bridgehead atoms. The summed E-state index contributed by atoms with van der Waals surface area (Å²) >= 11 is 3.84. The second-order valence-electron chi connectivity index (χ2n) is 16.7. The normalized spacial score (nSPS) is 11.8. The van der Waals surface area contributed by atoms with Crippen LogP contribution in [0.4, 0.5) is 0 Å². The monoisotopic (exact) mass is 846 g/mol. The summed E-state index contributed by atoms with van der Waals surface area (Å²) in [6, 6.07) is 85.5. The van der Waals surface area contributed by atoms with Gasteiger partial charge in [-0.25, -0.2) is 0 Å². The van der Waals surface area contributed by atoms with Gasteiger partial charge in [-0.3, -0.25) is 0 Å². The highest BCUT2D eigenvalue weighted by Gasteiger charge is 2.26. The zero-order chi connectivity index (χ0) is 42.1. The van der Waals surface area contributed by atoms with Crippen LogP contribution in [-0.2, 0) is 0 Å². The maximum atomic E-state index is 2.52. The molecule has 0 amide bonds. The van der Waals surface area contributed by atoms with Crippen molar-refractivity contribution in [3.8, 4) is 65.4 Å². The van der Waals surface area contributed by atoms with Crippen molar-refractivity contribution in [1.29, 1.82) is 0 Å². The van der Waals surface area contributed by atoms with Gasteiger partial charge in [0.05, 0.1) is 0 Å².